The van der Waals surface area contributed by atoms with Crippen molar-refractivity contribution >= 4 is 23.7 Å². The van der Waals surface area contributed by atoms with E-state index in [4.69, 9.17) is 9.47 Å². The van der Waals surface area contributed by atoms with Crippen molar-refractivity contribution in [2.75, 3.05) is 5.32 Å². The number of carbonyl (C=O) groups excluding carboxylic acids is 3. The molecule has 0 saturated heterocycles. The number of hydrogen-bond donors (Lipinski definition) is 2. The van der Waals surface area contributed by atoms with E-state index in [1.54, 1.807) is 41.5 Å². The summed E-state index contributed by atoms with van der Waals surface area (Å²) in [5, 5.41) is 5.24. The normalized spacial score (nSPS) is 12.7. The number of ether oxygens (including phenoxy) is 2. The predicted molar refractivity (Wildman–Crippen MR) is 108 cm³/mol. The van der Waals surface area contributed by atoms with Crippen molar-refractivity contribution in [3.8, 4) is 0 Å². The summed E-state index contributed by atoms with van der Waals surface area (Å²) in [6.07, 6.45) is -1.09. The van der Waals surface area contributed by atoms with Crippen molar-refractivity contribution in [1.82, 2.24) is 5.32 Å². The SMILES string of the molecule is Cc1ccc(C)c(NC(=O)C(CC(=O)OC(C)(C)C)NC(=O)OC(C)(C)C)c1. The third-order valence-corrected chi connectivity index (χ3v) is 3.45. The van der Waals surface area contributed by atoms with Gasteiger partial charge in [-0.1, -0.05) is 12.1 Å². The number of nitrogens with one attached hydrogen (secondary N) is 2. The molecule has 1 atom stereocenters. The van der Waals surface area contributed by atoms with Gasteiger partial charge in [0.25, 0.3) is 0 Å². The van der Waals surface area contributed by atoms with Gasteiger partial charge >= 0.3 is 12.1 Å². The van der Waals surface area contributed by atoms with Crippen LogP contribution in [-0.2, 0) is 19.1 Å². The smallest absolute Gasteiger partial charge is 0.408 e. The van der Waals surface area contributed by atoms with Crippen molar-refractivity contribution in [2.45, 2.75) is 79.1 Å². The number of benzene rings is 1. The fraction of sp³-hybridized carbons (Fsp3) is 0.571. The zero-order valence-corrected chi connectivity index (χ0v) is 18.1. The fourth-order valence-corrected chi connectivity index (χ4v) is 2.30. The lowest BCUT2D eigenvalue weighted by Gasteiger charge is -2.25. The molecule has 2 N–H and O–H groups in total. The van der Waals surface area contributed by atoms with Crippen LogP contribution in [0.3, 0.4) is 0 Å². The summed E-state index contributed by atoms with van der Waals surface area (Å²) in [6.45, 7) is 14.1. The third-order valence-electron chi connectivity index (χ3n) is 3.45. The molecule has 0 bridgehead atoms. The Balaban J connectivity index is 2.97. The van der Waals surface area contributed by atoms with E-state index in [9.17, 15) is 14.4 Å². The van der Waals surface area contributed by atoms with Crippen molar-refractivity contribution in [3.63, 3.8) is 0 Å². The van der Waals surface area contributed by atoms with E-state index in [-0.39, 0.29) is 6.42 Å². The summed E-state index contributed by atoms with van der Waals surface area (Å²) < 4.78 is 10.5. The molecule has 0 aliphatic rings. The number of hydrogen-bond acceptors (Lipinski definition) is 5. The van der Waals surface area contributed by atoms with E-state index in [2.05, 4.69) is 10.6 Å². The minimum absolute atomic E-state index is 0.312. The highest BCUT2D eigenvalue weighted by Gasteiger charge is 2.29. The van der Waals surface area contributed by atoms with Gasteiger partial charge in [0.05, 0.1) is 6.42 Å². The molecule has 0 saturated carbocycles. The second kappa shape index (κ2) is 9.08. The number of rotatable bonds is 5. The maximum absolute atomic E-state index is 12.8. The molecule has 0 radical (unpaired) electrons. The molecule has 7 heteroatoms. The Bertz CT molecular complexity index is 699. The molecular formula is C21H32N2O5. The van der Waals surface area contributed by atoms with Gasteiger partial charge in [0.15, 0.2) is 0 Å². The highest BCUT2D eigenvalue weighted by atomic mass is 16.6. The second-order valence-electron chi connectivity index (χ2n) is 8.80. The minimum atomic E-state index is -1.13. The number of esters is 1. The Hall–Kier alpha value is -2.57. The summed E-state index contributed by atoms with van der Waals surface area (Å²) >= 11 is 0. The van der Waals surface area contributed by atoms with Crippen LogP contribution in [0.15, 0.2) is 18.2 Å². The molecule has 0 aliphatic carbocycles. The molecule has 0 fully saturated rings. The summed E-state index contributed by atoms with van der Waals surface area (Å²) in [7, 11) is 0. The molecule has 156 valence electrons. The van der Waals surface area contributed by atoms with Crippen LogP contribution in [0.2, 0.25) is 0 Å². The standard InChI is InChI=1S/C21H32N2O5/c1-13-9-10-14(2)15(11-13)22-18(25)16(12-17(24)27-20(3,4)5)23-19(26)28-21(6,7)8/h9-11,16H,12H2,1-8H3,(H,22,25)(H,23,26). The van der Waals surface area contributed by atoms with Crippen LogP contribution in [0.4, 0.5) is 10.5 Å². The van der Waals surface area contributed by atoms with Crippen molar-refractivity contribution in [3.05, 3.63) is 29.3 Å². The van der Waals surface area contributed by atoms with Crippen LogP contribution in [0.1, 0.15) is 59.1 Å². The molecule has 0 aliphatic heterocycles. The van der Waals surface area contributed by atoms with Crippen LogP contribution in [0.5, 0.6) is 0 Å². The molecule has 1 aromatic rings. The molecule has 1 unspecified atom stereocenters. The summed E-state index contributed by atoms with van der Waals surface area (Å²) in [6, 6.07) is 4.51. The molecule has 1 rings (SSSR count). The topological polar surface area (TPSA) is 93.7 Å². The Labute approximate surface area is 167 Å². The first-order valence-electron chi connectivity index (χ1n) is 9.26. The lowest BCUT2D eigenvalue weighted by molar-refractivity contribution is -0.156. The lowest BCUT2D eigenvalue weighted by Crippen LogP contribution is -2.47. The molecule has 28 heavy (non-hydrogen) atoms. The predicted octanol–water partition coefficient (Wildman–Crippen LogP) is 3.87. The maximum atomic E-state index is 12.8. The quantitative estimate of drug-likeness (QED) is 0.742. The first-order chi connectivity index (χ1) is 12.7. The van der Waals surface area contributed by atoms with E-state index < -0.39 is 35.2 Å². The van der Waals surface area contributed by atoms with Crippen LogP contribution in [0.25, 0.3) is 0 Å². The fourth-order valence-electron chi connectivity index (χ4n) is 2.30. The lowest BCUT2D eigenvalue weighted by atomic mass is 10.1. The maximum Gasteiger partial charge on any atom is 0.408 e. The molecule has 1 aromatic carbocycles. The monoisotopic (exact) mass is 392 g/mol. The van der Waals surface area contributed by atoms with Gasteiger partial charge in [-0.2, -0.15) is 0 Å². The number of alkyl carbamates (subject to hydrolysis) is 1. The first-order valence-corrected chi connectivity index (χ1v) is 9.26. The van der Waals surface area contributed by atoms with Crippen LogP contribution < -0.4 is 10.6 Å². The Kier molecular flexibility index (Phi) is 7.61. The van der Waals surface area contributed by atoms with Gasteiger partial charge < -0.3 is 20.1 Å². The highest BCUT2D eigenvalue weighted by Crippen LogP contribution is 2.18. The van der Waals surface area contributed by atoms with Crippen LogP contribution in [0, 0.1) is 13.8 Å². The Morgan fingerprint density at radius 1 is 0.964 bits per heavy atom. The molecule has 2 amide bonds. The van der Waals surface area contributed by atoms with Crippen molar-refractivity contribution in [2.24, 2.45) is 0 Å². The van der Waals surface area contributed by atoms with E-state index in [1.165, 1.54) is 0 Å². The van der Waals surface area contributed by atoms with Crippen LogP contribution in [-0.4, -0.2) is 35.2 Å². The summed E-state index contributed by atoms with van der Waals surface area (Å²) in [5.74, 6) is -1.12. The Morgan fingerprint density at radius 2 is 1.54 bits per heavy atom. The van der Waals surface area contributed by atoms with Crippen molar-refractivity contribution in [1.29, 1.82) is 0 Å². The van der Waals surface area contributed by atoms with Crippen molar-refractivity contribution < 1.29 is 23.9 Å². The average Bonchev–Trinajstić information content (AvgIpc) is 2.46. The first kappa shape index (κ1) is 23.5. The minimum Gasteiger partial charge on any atom is -0.460 e. The van der Waals surface area contributed by atoms with E-state index >= 15 is 0 Å². The highest BCUT2D eigenvalue weighted by molar-refractivity contribution is 5.99. The zero-order chi connectivity index (χ0) is 21.7. The van der Waals surface area contributed by atoms with E-state index in [0.29, 0.717) is 5.69 Å². The van der Waals surface area contributed by atoms with Gasteiger partial charge in [-0.25, -0.2) is 4.79 Å². The second-order valence-corrected chi connectivity index (χ2v) is 8.80. The van der Waals surface area contributed by atoms with E-state index in [0.717, 1.165) is 11.1 Å². The van der Waals surface area contributed by atoms with Gasteiger partial charge in [0, 0.05) is 5.69 Å². The number of aryl methyl sites for hydroxylation is 2. The van der Waals surface area contributed by atoms with Gasteiger partial charge in [0.2, 0.25) is 5.91 Å². The number of carbonyl (C=O) groups is 3. The molecule has 0 spiro atoms. The molecule has 0 heterocycles. The van der Waals surface area contributed by atoms with E-state index in [1.807, 2.05) is 32.0 Å². The van der Waals surface area contributed by atoms with Gasteiger partial charge in [-0.15, -0.1) is 0 Å². The number of anilines is 1. The summed E-state index contributed by atoms with van der Waals surface area (Å²) in [5.41, 5.74) is 1.03. The summed E-state index contributed by atoms with van der Waals surface area (Å²) in [4.78, 5) is 37.2. The molecular weight excluding hydrogens is 360 g/mol. The third kappa shape index (κ3) is 8.88. The number of amides is 2. The van der Waals surface area contributed by atoms with Gasteiger partial charge in [-0.3, -0.25) is 9.59 Å². The average molecular weight is 392 g/mol. The van der Waals surface area contributed by atoms with Crippen LogP contribution >= 0.6 is 0 Å². The Morgan fingerprint density at radius 3 is 2.07 bits per heavy atom. The van der Waals surface area contributed by atoms with Gasteiger partial charge in [-0.05, 0) is 72.6 Å². The molecule has 0 aromatic heterocycles. The largest absolute Gasteiger partial charge is 0.460 e. The van der Waals surface area contributed by atoms with Gasteiger partial charge in [0.1, 0.15) is 17.2 Å². The zero-order valence-electron chi connectivity index (χ0n) is 18.1. The molecule has 7 nitrogen and oxygen atoms in total.